The zero-order valence-corrected chi connectivity index (χ0v) is 11.2. The molecule has 1 aliphatic rings. The molecule has 0 aromatic heterocycles. The molecule has 1 N–H and O–H groups in total. The predicted molar refractivity (Wildman–Crippen MR) is 75.3 cm³/mol. The predicted octanol–water partition coefficient (Wildman–Crippen LogP) is 3.38. The van der Waals surface area contributed by atoms with Crippen LogP contribution < -0.4 is 5.32 Å². The normalized spacial score (nSPS) is 16.3. The van der Waals surface area contributed by atoms with Gasteiger partial charge in [-0.3, -0.25) is 4.79 Å². The molecular formula is C16H21NO. The van der Waals surface area contributed by atoms with Crippen LogP contribution in [0.3, 0.4) is 0 Å². The van der Waals surface area contributed by atoms with Crippen molar-refractivity contribution in [3.05, 3.63) is 41.0 Å². The highest BCUT2D eigenvalue weighted by Crippen LogP contribution is 2.17. The summed E-state index contributed by atoms with van der Waals surface area (Å²) in [7, 11) is 0. The lowest BCUT2D eigenvalue weighted by molar-refractivity contribution is -0.117. The Balaban J connectivity index is 1.94. The highest BCUT2D eigenvalue weighted by molar-refractivity contribution is 5.92. The topological polar surface area (TPSA) is 29.1 Å². The van der Waals surface area contributed by atoms with Crippen LogP contribution in [0.5, 0.6) is 0 Å². The Kier molecular flexibility index (Phi) is 4.19. The van der Waals surface area contributed by atoms with Crippen molar-refractivity contribution in [2.24, 2.45) is 0 Å². The van der Waals surface area contributed by atoms with Gasteiger partial charge in [-0.05, 0) is 43.9 Å². The Bertz CT molecular complexity index is 456. The van der Waals surface area contributed by atoms with E-state index >= 15 is 0 Å². The monoisotopic (exact) mass is 243 g/mol. The summed E-state index contributed by atoms with van der Waals surface area (Å²) in [5.41, 5.74) is 3.57. The van der Waals surface area contributed by atoms with Gasteiger partial charge in [-0.25, -0.2) is 0 Å². The molecule has 0 radical (unpaired) electrons. The lowest BCUT2D eigenvalue weighted by Crippen LogP contribution is -2.30. The minimum absolute atomic E-state index is 0.0295. The summed E-state index contributed by atoms with van der Waals surface area (Å²) >= 11 is 0. The molecule has 0 atom stereocenters. The van der Waals surface area contributed by atoms with Crippen LogP contribution in [0, 0.1) is 13.8 Å². The van der Waals surface area contributed by atoms with E-state index in [1.165, 1.54) is 24.0 Å². The second-order valence-corrected chi connectivity index (χ2v) is 5.18. The average molecular weight is 243 g/mol. The van der Waals surface area contributed by atoms with E-state index in [0.717, 1.165) is 18.4 Å². The van der Waals surface area contributed by atoms with E-state index in [4.69, 9.17) is 0 Å². The molecule has 0 saturated heterocycles. The van der Waals surface area contributed by atoms with Crippen molar-refractivity contribution in [2.75, 3.05) is 0 Å². The van der Waals surface area contributed by atoms with E-state index < -0.39 is 0 Å². The number of carbonyl (C=O) groups is 1. The molecule has 0 unspecified atom stereocenters. The lowest BCUT2D eigenvalue weighted by Gasteiger charge is -2.09. The van der Waals surface area contributed by atoms with Crippen molar-refractivity contribution >= 4 is 12.0 Å². The Labute approximate surface area is 109 Å². The molecule has 0 aliphatic heterocycles. The fraction of sp³-hybridized carbons (Fsp3) is 0.438. The van der Waals surface area contributed by atoms with Crippen LogP contribution in [0.2, 0.25) is 0 Å². The van der Waals surface area contributed by atoms with Gasteiger partial charge in [0.1, 0.15) is 0 Å². The molecule has 0 spiro atoms. The van der Waals surface area contributed by atoms with Gasteiger partial charge in [0.15, 0.2) is 0 Å². The van der Waals surface area contributed by atoms with E-state index in [1.807, 2.05) is 6.08 Å². The standard InChI is InChI=1S/C16H21NO/c1-12-7-8-14(13(2)11-12)9-10-16(18)17-15-5-3-4-6-15/h7-11,15H,3-6H2,1-2H3,(H,17,18)/b10-9+. The van der Waals surface area contributed by atoms with Gasteiger partial charge >= 0.3 is 0 Å². The molecule has 2 rings (SSSR count). The average Bonchev–Trinajstić information content (AvgIpc) is 2.80. The van der Waals surface area contributed by atoms with Crippen LogP contribution in [-0.4, -0.2) is 11.9 Å². The van der Waals surface area contributed by atoms with Crippen LogP contribution in [0.4, 0.5) is 0 Å². The maximum atomic E-state index is 11.8. The molecule has 1 fully saturated rings. The Morgan fingerprint density at radius 2 is 2.00 bits per heavy atom. The fourth-order valence-corrected chi connectivity index (χ4v) is 2.50. The highest BCUT2D eigenvalue weighted by Gasteiger charge is 2.15. The molecule has 96 valence electrons. The summed E-state index contributed by atoms with van der Waals surface area (Å²) in [6.45, 7) is 4.15. The van der Waals surface area contributed by atoms with Crippen molar-refractivity contribution in [1.29, 1.82) is 0 Å². The minimum atomic E-state index is 0.0295. The van der Waals surface area contributed by atoms with Crippen molar-refractivity contribution in [3.63, 3.8) is 0 Å². The number of amides is 1. The van der Waals surface area contributed by atoms with E-state index in [2.05, 4.69) is 37.4 Å². The van der Waals surface area contributed by atoms with Crippen molar-refractivity contribution in [3.8, 4) is 0 Å². The summed E-state index contributed by atoms with van der Waals surface area (Å²) in [6, 6.07) is 6.65. The van der Waals surface area contributed by atoms with Gasteiger partial charge in [-0.2, -0.15) is 0 Å². The molecule has 1 aromatic rings. The number of hydrogen-bond donors (Lipinski definition) is 1. The molecule has 2 nitrogen and oxygen atoms in total. The molecule has 1 aromatic carbocycles. The Hall–Kier alpha value is -1.57. The highest BCUT2D eigenvalue weighted by atomic mass is 16.1. The number of hydrogen-bond acceptors (Lipinski definition) is 1. The lowest BCUT2D eigenvalue weighted by atomic mass is 10.1. The van der Waals surface area contributed by atoms with Crippen molar-refractivity contribution in [2.45, 2.75) is 45.6 Å². The summed E-state index contributed by atoms with van der Waals surface area (Å²) in [5, 5.41) is 3.05. The summed E-state index contributed by atoms with van der Waals surface area (Å²) in [4.78, 5) is 11.8. The maximum Gasteiger partial charge on any atom is 0.244 e. The minimum Gasteiger partial charge on any atom is -0.350 e. The Morgan fingerprint density at radius 3 is 2.67 bits per heavy atom. The SMILES string of the molecule is Cc1ccc(/C=C/C(=O)NC2CCCC2)c(C)c1. The van der Waals surface area contributed by atoms with Gasteiger partial charge in [0.25, 0.3) is 0 Å². The third-order valence-electron chi connectivity index (χ3n) is 3.54. The molecule has 0 heterocycles. The first-order chi connectivity index (χ1) is 8.65. The zero-order valence-electron chi connectivity index (χ0n) is 11.2. The van der Waals surface area contributed by atoms with E-state index in [0.29, 0.717) is 6.04 Å². The van der Waals surface area contributed by atoms with Crippen LogP contribution in [0.25, 0.3) is 6.08 Å². The number of carbonyl (C=O) groups excluding carboxylic acids is 1. The molecular weight excluding hydrogens is 222 g/mol. The molecule has 0 bridgehead atoms. The first-order valence-electron chi connectivity index (χ1n) is 6.71. The summed E-state index contributed by atoms with van der Waals surface area (Å²) < 4.78 is 0. The first-order valence-corrected chi connectivity index (χ1v) is 6.71. The zero-order chi connectivity index (χ0) is 13.0. The second-order valence-electron chi connectivity index (χ2n) is 5.18. The number of aryl methyl sites for hydroxylation is 2. The smallest absolute Gasteiger partial charge is 0.244 e. The molecule has 2 heteroatoms. The van der Waals surface area contributed by atoms with E-state index in [1.54, 1.807) is 6.08 Å². The van der Waals surface area contributed by atoms with Gasteiger partial charge in [-0.15, -0.1) is 0 Å². The first kappa shape index (κ1) is 12.9. The van der Waals surface area contributed by atoms with Crippen molar-refractivity contribution in [1.82, 2.24) is 5.32 Å². The number of nitrogens with one attached hydrogen (secondary N) is 1. The largest absolute Gasteiger partial charge is 0.350 e. The maximum absolute atomic E-state index is 11.8. The Morgan fingerprint density at radius 1 is 1.28 bits per heavy atom. The molecule has 1 amide bonds. The summed E-state index contributed by atoms with van der Waals surface area (Å²) in [5.74, 6) is 0.0295. The fourth-order valence-electron chi connectivity index (χ4n) is 2.50. The molecule has 18 heavy (non-hydrogen) atoms. The summed E-state index contributed by atoms with van der Waals surface area (Å²) in [6.07, 6.45) is 8.29. The second kappa shape index (κ2) is 5.85. The van der Waals surface area contributed by atoms with Crippen molar-refractivity contribution < 1.29 is 4.79 Å². The van der Waals surface area contributed by atoms with Gasteiger partial charge < -0.3 is 5.32 Å². The van der Waals surface area contributed by atoms with Crippen LogP contribution in [-0.2, 0) is 4.79 Å². The molecule has 1 aliphatic carbocycles. The van der Waals surface area contributed by atoms with Crippen LogP contribution in [0.1, 0.15) is 42.4 Å². The third kappa shape index (κ3) is 3.46. The van der Waals surface area contributed by atoms with E-state index in [-0.39, 0.29) is 5.91 Å². The van der Waals surface area contributed by atoms with E-state index in [9.17, 15) is 4.79 Å². The van der Waals surface area contributed by atoms with Gasteiger partial charge in [0.05, 0.1) is 0 Å². The number of benzene rings is 1. The number of rotatable bonds is 3. The quantitative estimate of drug-likeness (QED) is 0.810. The van der Waals surface area contributed by atoms with Crippen LogP contribution in [0.15, 0.2) is 24.3 Å². The van der Waals surface area contributed by atoms with Crippen LogP contribution >= 0.6 is 0 Å². The van der Waals surface area contributed by atoms with Gasteiger partial charge in [0, 0.05) is 12.1 Å². The van der Waals surface area contributed by atoms with Gasteiger partial charge in [0.2, 0.25) is 5.91 Å². The molecule has 1 saturated carbocycles. The van der Waals surface area contributed by atoms with Gasteiger partial charge in [-0.1, -0.05) is 36.6 Å². The third-order valence-corrected chi connectivity index (χ3v) is 3.54.